The molecule has 0 saturated heterocycles. The van der Waals surface area contributed by atoms with E-state index in [2.05, 4.69) is 16.0 Å². The zero-order chi connectivity index (χ0) is 24.5. The maximum Gasteiger partial charge on any atom is 0.258 e. The van der Waals surface area contributed by atoms with Gasteiger partial charge in [0.25, 0.3) is 5.91 Å². The molecule has 0 atom stereocenters. The van der Waals surface area contributed by atoms with Crippen LogP contribution in [0, 0.1) is 5.82 Å². The Labute approximate surface area is 201 Å². The van der Waals surface area contributed by atoms with Crippen LogP contribution < -0.4 is 20.7 Å². The van der Waals surface area contributed by atoms with E-state index >= 15 is 0 Å². The standard InChI is InChI=1S/C25H23ClFN3O4/c1-34-22-10-8-18(15-21(22)30-25(33)19-9-7-17(26)14-20(19)27)29-23(31)11-12-28-24(32)13-16-5-3-2-4-6-16/h2-10,14-15H,11-13H2,1H3,(H,28,32)(H,29,31)(H,30,33). The van der Waals surface area contributed by atoms with Crippen molar-refractivity contribution < 1.29 is 23.5 Å². The summed E-state index contributed by atoms with van der Waals surface area (Å²) in [6.07, 6.45) is 0.294. The molecule has 0 aliphatic rings. The maximum absolute atomic E-state index is 14.1. The van der Waals surface area contributed by atoms with Gasteiger partial charge in [-0.1, -0.05) is 41.9 Å². The van der Waals surface area contributed by atoms with Crippen LogP contribution in [0.1, 0.15) is 22.3 Å². The molecule has 0 spiro atoms. The number of carbonyl (C=O) groups is 3. The van der Waals surface area contributed by atoms with Crippen LogP contribution >= 0.6 is 11.6 Å². The van der Waals surface area contributed by atoms with Crippen molar-refractivity contribution in [2.75, 3.05) is 24.3 Å². The molecule has 0 heterocycles. The topological polar surface area (TPSA) is 96.5 Å². The van der Waals surface area contributed by atoms with Crippen molar-refractivity contribution in [3.63, 3.8) is 0 Å². The molecule has 3 aromatic rings. The smallest absolute Gasteiger partial charge is 0.258 e. The third kappa shape index (κ3) is 7.05. The van der Waals surface area contributed by atoms with Crippen molar-refractivity contribution in [1.82, 2.24) is 5.32 Å². The molecule has 0 aliphatic carbocycles. The molecule has 9 heteroatoms. The number of amides is 3. The summed E-state index contributed by atoms with van der Waals surface area (Å²) >= 11 is 5.73. The summed E-state index contributed by atoms with van der Waals surface area (Å²) in [7, 11) is 1.42. The van der Waals surface area contributed by atoms with Crippen LogP contribution in [-0.4, -0.2) is 31.4 Å². The van der Waals surface area contributed by atoms with E-state index < -0.39 is 11.7 Å². The second-order valence-corrected chi connectivity index (χ2v) is 7.74. The second-order valence-electron chi connectivity index (χ2n) is 7.30. The van der Waals surface area contributed by atoms with E-state index in [4.69, 9.17) is 16.3 Å². The number of nitrogens with one attached hydrogen (secondary N) is 3. The zero-order valence-corrected chi connectivity index (χ0v) is 19.1. The van der Waals surface area contributed by atoms with E-state index in [1.54, 1.807) is 12.1 Å². The fourth-order valence-electron chi connectivity index (χ4n) is 3.13. The SMILES string of the molecule is COc1ccc(NC(=O)CCNC(=O)Cc2ccccc2)cc1NC(=O)c1ccc(Cl)cc1F. The number of ether oxygens (including phenoxy) is 1. The Bertz CT molecular complexity index is 1190. The van der Waals surface area contributed by atoms with Gasteiger partial charge in [0.2, 0.25) is 11.8 Å². The van der Waals surface area contributed by atoms with Crippen molar-refractivity contribution in [2.24, 2.45) is 0 Å². The first-order chi connectivity index (χ1) is 16.4. The number of methoxy groups -OCH3 is 1. The number of rotatable bonds is 9. The summed E-state index contributed by atoms with van der Waals surface area (Å²) in [5.74, 6) is -1.64. The van der Waals surface area contributed by atoms with Crippen molar-refractivity contribution in [2.45, 2.75) is 12.8 Å². The molecule has 3 N–H and O–H groups in total. The van der Waals surface area contributed by atoms with Crippen LogP contribution in [-0.2, 0) is 16.0 Å². The molecule has 0 saturated carbocycles. The average molecular weight is 484 g/mol. The molecule has 3 rings (SSSR count). The van der Waals surface area contributed by atoms with Gasteiger partial charge in [-0.2, -0.15) is 0 Å². The summed E-state index contributed by atoms with van der Waals surface area (Å²) in [4.78, 5) is 36.8. The van der Waals surface area contributed by atoms with Gasteiger partial charge in [-0.05, 0) is 42.0 Å². The average Bonchev–Trinajstić information content (AvgIpc) is 2.80. The Morgan fingerprint density at radius 2 is 1.71 bits per heavy atom. The number of benzene rings is 3. The van der Waals surface area contributed by atoms with Gasteiger partial charge in [-0.3, -0.25) is 14.4 Å². The minimum absolute atomic E-state index is 0.0598. The fraction of sp³-hybridized carbons (Fsp3) is 0.160. The van der Waals surface area contributed by atoms with E-state index in [-0.39, 0.29) is 47.5 Å². The lowest BCUT2D eigenvalue weighted by Gasteiger charge is -2.13. The van der Waals surface area contributed by atoms with Gasteiger partial charge in [0.05, 0.1) is 24.8 Å². The van der Waals surface area contributed by atoms with Gasteiger partial charge in [-0.25, -0.2) is 4.39 Å². The third-order valence-electron chi connectivity index (χ3n) is 4.79. The summed E-state index contributed by atoms with van der Waals surface area (Å²) in [6, 6.07) is 17.7. The van der Waals surface area contributed by atoms with E-state index in [0.717, 1.165) is 11.6 Å². The molecule has 34 heavy (non-hydrogen) atoms. The predicted octanol–water partition coefficient (Wildman–Crippen LogP) is 4.43. The molecular weight excluding hydrogens is 461 g/mol. The number of anilines is 2. The highest BCUT2D eigenvalue weighted by Crippen LogP contribution is 2.29. The first kappa shape index (κ1) is 24.7. The van der Waals surface area contributed by atoms with Crippen LogP contribution in [0.15, 0.2) is 66.7 Å². The van der Waals surface area contributed by atoms with Gasteiger partial charge in [0, 0.05) is 23.7 Å². The second kappa shape index (κ2) is 11.8. The Morgan fingerprint density at radius 3 is 2.41 bits per heavy atom. The molecule has 0 unspecified atom stereocenters. The maximum atomic E-state index is 14.1. The molecule has 0 fully saturated rings. The van der Waals surface area contributed by atoms with Crippen molar-refractivity contribution in [3.05, 3.63) is 88.7 Å². The predicted molar refractivity (Wildman–Crippen MR) is 129 cm³/mol. The fourth-order valence-corrected chi connectivity index (χ4v) is 3.29. The normalized spacial score (nSPS) is 10.3. The molecule has 176 valence electrons. The number of hydrogen-bond acceptors (Lipinski definition) is 4. The van der Waals surface area contributed by atoms with E-state index in [0.29, 0.717) is 11.4 Å². The minimum Gasteiger partial charge on any atom is -0.495 e. The van der Waals surface area contributed by atoms with Crippen LogP contribution in [0.2, 0.25) is 5.02 Å². The molecule has 0 aliphatic heterocycles. The van der Waals surface area contributed by atoms with Gasteiger partial charge < -0.3 is 20.7 Å². The molecule has 3 amide bonds. The van der Waals surface area contributed by atoms with Crippen LogP contribution in [0.25, 0.3) is 0 Å². The lowest BCUT2D eigenvalue weighted by atomic mass is 10.1. The Morgan fingerprint density at radius 1 is 0.941 bits per heavy atom. The van der Waals surface area contributed by atoms with Crippen molar-refractivity contribution >= 4 is 40.7 Å². The lowest BCUT2D eigenvalue weighted by molar-refractivity contribution is -0.120. The van der Waals surface area contributed by atoms with Crippen molar-refractivity contribution in [1.29, 1.82) is 0 Å². The molecule has 3 aromatic carbocycles. The van der Waals surface area contributed by atoms with Crippen LogP contribution in [0.4, 0.5) is 15.8 Å². The first-order valence-electron chi connectivity index (χ1n) is 10.4. The number of halogens is 2. The Kier molecular flexibility index (Phi) is 8.59. The summed E-state index contributed by atoms with van der Waals surface area (Å²) < 4.78 is 19.3. The highest BCUT2D eigenvalue weighted by Gasteiger charge is 2.15. The van der Waals surface area contributed by atoms with E-state index in [1.807, 2.05) is 30.3 Å². The largest absolute Gasteiger partial charge is 0.495 e. The monoisotopic (exact) mass is 483 g/mol. The van der Waals surface area contributed by atoms with Crippen LogP contribution in [0.3, 0.4) is 0 Å². The van der Waals surface area contributed by atoms with Gasteiger partial charge in [0.1, 0.15) is 11.6 Å². The Balaban J connectivity index is 1.56. The molecule has 7 nitrogen and oxygen atoms in total. The van der Waals surface area contributed by atoms with Crippen molar-refractivity contribution in [3.8, 4) is 5.75 Å². The summed E-state index contributed by atoms with van der Waals surface area (Å²) in [5.41, 5.74) is 1.34. The lowest BCUT2D eigenvalue weighted by Crippen LogP contribution is -2.28. The van der Waals surface area contributed by atoms with E-state index in [9.17, 15) is 18.8 Å². The molecular formula is C25H23ClFN3O4. The number of carbonyl (C=O) groups excluding carboxylic acids is 3. The summed E-state index contributed by atoms with van der Waals surface area (Å²) in [5, 5.41) is 8.16. The number of hydrogen-bond donors (Lipinski definition) is 3. The third-order valence-corrected chi connectivity index (χ3v) is 5.02. The molecule has 0 radical (unpaired) electrons. The molecule has 0 bridgehead atoms. The zero-order valence-electron chi connectivity index (χ0n) is 18.4. The van der Waals surface area contributed by atoms with Gasteiger partial charge in [0.15, 0.2) is 0 Å². The first-order valence-corrected chi connectivity index (χ1v) is 10.8. The molecule has 0 aromatic heterocycles. The van der Waals surface area contributed by atoms with E-state index in [1.165, 1.54) is 25.3 Å². The van der Waals surface area contributed by atoms with Gasteiger partial charge in [-0.15, -0.1) is 0 Å². The Hall–Kier alpha value is -3.91. The van der Waals surface area contributed by atoms with Crippen LogP contribution in [0.5, 0.6) is 5.75 Å². The minimum atomic E-state index is -0.761. The quantitative estimate of drug-likeness (QED) is 0.419. The highest BCUT2D eigenvalue weighted by molar-refractivity contribution is 6.30. The highest BCUT2D eigenvalue weighted by atomic mass is 35.5. The van der Waals surface area contributed by atoms with Gasteiger partial charge >= 0.3 is 0 Å². The summed E-state index contributed by atoms with van der Waals surface area (Å²) in [6.45, 7) is 0.174.